The molecule has 4 heteroatoms. The quantitative estimate of drug-likeness (QED) is 0.840. The van der Waals surface area contributed by atoms with E-state index in [1.807, 2.05) is 30.3 Å². The van der Waals surface area contributed by atoms with Crippen LogP contribution in [0.3, 0.4) is 0 Å². The van der Waals surface area contributed by atoms with Gasteiger partial charge in [0.05, 0.1) is 0 Å². The van der Waals surface area contributed by atoms with Crippen molar-refractivity contribution < 1.29 is 9.13 Å². The van der Waals surface area contributed by atoms with Gasteiger partial charge < -0.3 is 15.4 Å². The van der Waals surface area contributed by atoms with Gasteiger partial charge in [-0.2, -0.15) is 0 Å². The highest BCUT2D eigenvalue weighted by atomic mass is 19.1. The molecule has 2 N–H and O–H groups in total. The Hall–Kier alpha value is -2.23. The highest BCUT2D eigenvalue weighted by Gasteiger charge is 2.39. The van der Waals surface area contributed by atoms with E-state index in [2.05, 4.69) is 4.90 Å². The molecule has 24 heavy (non-hydrogen) atoms. The van der Waals surface area contributed by atoms with Gasteiger partial charge in [0.25, 0.3) is 0 Å². The Labute approximate surface area is 142 Å². The molecule has 0 saturated carbocycles. The molecule has 2 bridgehead atoms. The van der Waals surface area contributed by atoms with Crippen molar-refractivity contribution in [2.45, 2.75) is 50.8 Å². The van der Waals surface area contributed by atoms with E-state index >= 15 is 0 Å². The molecule has 0 radical (unpaired) electrons. The number of piperidine rings is 1. The van der Waals surface area contributed by atoms with Gasteiger partial charge in [0, 0.05) is 23.8 Å². The van der Waals surface area contributed by atoms with Crippen LogP contribution in [0.4, 0.5) is 15.8 Å². The standard InChI is InChI=1S/C20H23FN2O/c21-18-11-15(22)12-19(24-13-14-5-2-1-3-6-14)20(18)23-16-7-4-8-17(23)10-9-16/h1-3,5-6,11-12,16-17H,4,7-10,13,22H2. The van der Waals surface area contributed by atoms with Crippen molar-refractivity contribution in [3.63, 3.8) is 0 Å². The summed E-state index contributed by atoms with van der Waals surface area (Å²) >= 11 is 0. The lowest BCUT2D eigenvalue weighted by Crippen LogP contribution is -2.40. The fourth-order valence-electron chi connectivity index (χ4n) is 4.17. The van der Waals surface area contributed by atoms with Gasteiger partial charge in [-0.3, -0.25) is 0 Å². The second-order valence-electron chi connectivity index (χ2n) is 6.85. The highest BCUT2D eigenvalue weighted by Crippen LogP contribution is 2.45. The summed E-state index contributed by atoms with van der Waals surface area (Å²) in [7, 11) is 0. The first kappa shape index (κ1) is 15.3. The SMILES string of the molecule is Nc1cc(F)c(N2C3CCCC2CC3)c(OCc2ccccc2)c1. The summed E-state index contributed by atoms with van der Waals surface area (Å²) in [5.41, 5.74) is 7.95. The van der Waals surface area contributed by atoms with Crippen molar-refractivity contribution in [1.82, 2.24) is 0 Å². The first-order chi connectivity index (χ1) is 11.7. The van der Waals surface area contributed by atoms with Crippen LogP contribution in [-0.4, -0.2) is 12.1 Å². The molecule has 2 heterocycles. The topological polar surface area (TPSA) is 38.5 Å². The molecule has 0 amide bonds. The number of hydrogen-bond acceptors (Lipinski definition) is 3. The summed E-state index contributed by atoms with van der Waals surface area (Å²) in [6.07, 6.45) is 5.80. The number of nitrogens with two attached hydrogens (primary N) is 1. The minimum absolute atomic E-state index is 0.267. The monoisotopic (exact) mass is 326 g/mol. The van der Waals surface area contributed by atoms with Crippen LogP contribution in [0.2, 0.25) is 0 Å². The summed E-state index contributed by atoms with van der Waals surface area (Å²) in [5.74, 6) is 0.298. The average Bonchev–Trinajstić information content (AvgIpc) is 2.81. The molecule has 4 rings (SSSR count). The number of fused-ring (bicyclic) bond motifs is 2. The molecular formula is C20H23FN2O. The molecule has 2 fully saturated rings. The third-order valence-electron chi connectivity index (χ3n) is 5.24. The van der Waals surface area contributed by atoms with Crippen LogP contribution in [0.5, 0.6) is 5.75 Å². The van der Waals surface area contributed by atoms with E-state index in [0.717, 1.165) is 31.2 Å². The lowest BCUT2D eigenvalue weighted by atomic mass is 10.0. The van der Waals surface area contributed by atoms with Gasteiger partial charge >= 0.3 is 0 Å². The zero-order valence-electron chi connectivity index (χ0n) is 13.7. The maximum Gasteiger partial charge on any atom is 0.152 e. The summed E-state index contributed by atoms with van der Waals surface area (Å²) < 4.78 is 20.8. The lowest BCUT2D eigenvalue weighted by molar-refractivity contribution is 0.303. The van der Waals surface area contributed by atoms with E-state index in [1.54, 1.807) is 6.07 Å². The smallest absolute Gasteiger partial charge is 0.152 e. The lowest BCUT2D eigenvalue weighted by Gasteiger charge is -2.37. The summed E-state index contributed by atoms with van der Waals surface area (Å²) in [6, 6.07) is 14.0. The molecule has 2 atom stereocenters. The van der Waals surface area contributed by atoms with Crippen molar-refractivity contribution in [2.24, 2.45) is 0 Å². The Morgan fingerprint density at radius 3 is 2.46 bits per heavy atom. The maximum atomic E-state index is 14.8. The van der Waals surface area contributed by atoms with Crippen LogP contribution >= 0.6 is 0 Å². The number of rotatable bonds is 4. The van der Waals surface area contributed by atoms with Gasteiger partial charge in [-0.25, -0.2) is 4.39 Å². The Balaban J connectivity index is 1.66. The molecule has 126 valence electrons. The number of hydrogen-bond donors (Lipinski definition) is 1. The molecule has 2 aromatic rings. The number of halogens is 1. The molecule has 0 aliphatic carbocycles. The van der Waals surface area contributed by atoms with Crippen molar-refractivity contribution in [3.8, 4) is 5.75 Å². The van der Waals surface area contributed by atoms with Gasteiger partial charge in [-0.15, -0.1) is 0 Å². The van der Waals surface area contributed by atoms with Gasteiger partial charge in [0.1, 0.15) is 18.0 Å². The molecule has 2 unspecified atom stereocenters. The maximum absolute atomic E-state index is 14.8. The van der Waals surface area contributed by atoms with E-state index in [9.17, 15) is 4.39 Å². The van der Waals surface area contributed by atoms with E-state index in [0.29, 0.717) is 35.8 Å². The zero-order chi connectivity index (χ0) is 16.5. The molecule has 0 aromatic heterocycles. The van der Waals surface area contributed by atoms with Gasteiger partial charge in [0.15, 0.2) is 5.82 Å². The minimum atomic E-state index is -0.267. The number of anilines is 2. The first-order valence-corrected chi connectivity index (χ1v) is 8.76. The summed E-state index contributed by atoms with van der Waals surface area (Å²) in [6.45, 7) is 0.417. The predicted octanol–water partition coefficient (Wildman–Crippen LogP) is 4.51. The second-order valence-corrected chi connectivity index (χ2v) is 6.85. The van der Waals surface area contributed by atoms with Crippen LogP contribution in [-0.2, 0) is 6.61 Å². The van der Waals surface area contributed by atoms with Gasteiger partial charge in [-0.1, -0.05) is 30.3 Å². The number of nitrogens with zero attached hydrogens (tertiary/aromatic N) is 1. The molecule has 0 spiro atoms. The fraction of sp³-hybridized carbons (Fsp3) is 0.400. The van der Waals surface area contributed by atoms with Crippen molar-refractivity contribution in [1.29, 1.82) is 0 Å². The summed E-state index contributed by atoms with van der Waals surface area (Å²) in [5, 5.41) is 0. The Bertz CT molecular complexity index is 703. The number of nitrogen functional groups attached to an aromatic ring is 1. The van der Waals surface area contributed by atoms with Crippen LogP contribution in [0.15, 0.2) is 42.5 Å². The van der Waals surface area contributed by atoms with Gasteiger partial charge in [0.2, 0.25) is 0 Å². The normalized spacial score (nSPS) is 22.6. The molecule has 2 saturated heterocycles. The van der Waals surface area contributed by atoms with Crippen molar-refractivity contribution in [2.75, 3.05) is 10.6 Å². The molecule has 2 aliphatic heterocycles. The van der Waals surface area contributed by atoms with Crippen LogP contribution in [0.1, 0.15) is 37.7 Å². The third kappa shape index (κ3) is 2.81. The Morgan fingerprint density at radius 2 is 1.75 bits per heavy atom. The van der Waals surface area contributed by atoms with E-state index in [1.165, 1.54) is 12.5 Å². The van der Waals surface area contributed by atoms with Crippen LogP contribution in [0, 0.1) is 5.82 Å². The van der Waals surface area contributed by atoms with Crippen LogP contribution in [0.25, 0.3) is 0 Å². The third-order valence-corrected chi connectivity index (χ3v) is 5.24. The van der Waals surface area contributed by atoms with Crippen LogP contribution < -0.4 is 15.4 Å². The second kappa shape index (κ2) is 6.34. The fourth-order valence-corrected chi connectivity index (χ4v) is 4.17. The first-order valence-electron chi connectivity index (χ1n) is 8.76. The largest absolute Gasteiger partial charge is 0.487 e. The van der Waals surface area contributed by atoms with Gasteiger partial charge in [-0.05, 0) is 43.7 Å². The average molecular weight is 326 g/mol. The highest BCUT2D eigenvalue weighted by molar-refractivity contribution is 5.66. The molecule has 2 aliphatic rings. The molecule has 3 nitrogen and oxygen atoms in total. The zero-order valence-corrected chi connectivity index (χ0v) is 13.7. The Kier molecular flexibility index (Phi) is 4.05. The predicted molar refractivity (Wildman–Crippen MR) is 94.7 cm³/mol. The van der Waals surface area contributed by atoms with E-state index < -0.39 is 0 Å². The van der Waals surface area contributed by atoms with Crippen molar-refractivity contribution >= 4 is 11.4 Å². The Morgan fingerprint density at radius 1 is 1.04 bits per heavy atom. The van der Waals surface area contributed by atoms with E-state index in [4.69, 9.17) is 10.5 Å². The molecular weight excluding hydrogens is 303 g/mol. The van der Waals surface area contributed by atoms with E-state index in [-0.39, 0.29) is 5.82 Å². The van der Waals surface area contributed by atoms with Crippen molar-refractivity contribution in [3.05, 3.63) is 53.8 Å². The molecule has 2 aromatic carbocycles. The number of ether oxygens (including phenoxy) is 1. The summed E-state index contributed by atoms with van der Waals surface area (Å²) in [4.78, 5) is 2.26. The minimum Gasteiger partial charge on any atom is -0.487 e. The number of benzene rings is 2.